The van der Waals surface area contributed by atoms with Crippen LogP contribution < -0.4 is 0 Å². The van der Waals surface area contributed by atoms with Gasteiger partial charge in [-0.25, -0.2) is 4.79 Å². The SMILES string of the molecule is Cc1cc2c(C)cn(C(C)C)c2cc1C(=O)O. The Morgan fingerprint density at radius 1 is 1.24 bits per heavy atom. The largest absolute Gasteiger partial charge is 0.478 e. The van der Waals surface area contributed by atoms with Gasteiger partial charge in [-0.15, -0.1) is 0 Å². The van der Waals surface area contributed by atoms with E-state index in [0.717, 1.165) is 16.5 Å². The highest BCUT2D eigenvalue weighted by Gasteiger charge is 2.13. The normalized spacial score (nSPS) is 11.4. The molecular weight excluding hydrogens is 214 g/mol. The molecule has 1 heterocycles. The molecule has 0 aliphatic carbocycles. The average Bonchev–Trinajstić information content (AvgIpc) is 2.55. The van der Waals surface area contributed by atoms with Crippen LogP contribution in [0.15, 0.2) is 18.3 Å². The molecule has 17 heavy (non-hydrogen) atoms. The smallest absolute Gasteiger partial charge is 0.336 e. The molecule has 0 atom stereocenters. The lowest BCUT2D eigenvalue weighted by Gasteiger charge is -2.10. The predicted molar refractivity (Wildman–Crippen MR) is 68.8 cm³/mol. The van der Waals surface area contributed by atoms with Crippen molar-refractivity contribution in [3.05, 3.63) is 35.0 Å². The van der Waals surface area contributed by atoms with Crippen molar-refractivity contribution >= 4 is 16.9 Å². The van der Waals surface area contributed by atoms with Crippen LogP contribution in [-0.4, -0.2) is 15.6 Å². The van der Waals surface area contributed by atoms with Crippen molar-refractivity contribution < 1.29 is 9.90 Å². The van der Waals surface area contributed by atoms with E-state index in [4.69, 9.17) is 5.11 Å². The number of aryl methyl sites for hydroxylation is 2. The van der Waals surface area contributed by atoms with Crippen LogP contribution in [0.1, 0.15) is 41.4 Å². The maximum absolute atomic E-state index is 11.1. The van der Waals surface area contributed by atoms with Crippen LogP contribution in [-0.2, 0) is 0 Å². The highest BCUT2D eigenvalue weighted by Crippen LogP contribution is 2.27. The fraction of sp³-hybridized carbons (Fsp3) is 0.357. The van der Waals surface area contributed by atoms with E-state index >= 15 is 0 Å². The number of carbonyl (C=O) groups is 1. The third-order valence-electron chi connectivity index (χ3n) is 3.17. The van der Waals surface area contributed by atoms with E-state index in [2.05, 4.69) is 31.5 Å². The molecule has 3 heteroatoms. The molecule has 0 saturated carbocycles. The first-order valence-electron chi connectivity index (χ1n) is 5.77. The molecule has 1 N–H and O–H groups in total. The molecule has 0 bridgehead atoms. The van der Waals surface area contributed by atoms with Crippen molar-refractivity contribution in [3.8, 4) is 0 Å². The number of carboxylic acid groups (broad SMARTS) is 1. The molecule has 0 saturated heterocycles. The topological polar surface area (TPSA) is 42.2 Å². The first kappa shape index (κ1) is 11.7. The molecule has 90 valence electrons. The van der Waals surface area contributed by atoms with Gasteiger partial charge in [0.25, 0.3) is 0 Å². The number of carboxylic acids is 1. The Morgan fingerprint density at radius 2 is 1.88 bits per heavy atom. The predicted octanol–water partition coefficient (Wildman–Crippen LogP) is 3.54. The van der Waals surface area contributed by atoms with Crippen LogP contribution in [0.3, 0.4) is 0 Å². The summed E-state index contributed by atoms with van der Waals surface area (Å²) < 4.78 is 2.12. The van der Waals surface area contributed by atoms with Gasteiger partial charge in [0.15, 0.2) is 0 Å². The summed E-state index contributed by atoms with van der Waals surface area (Å²) in [5, 5.41) is 10.3. The number of fused-ring (bicyclic) bond motifs is 1. The first-order valence-corrected chi connectivity index (χ1v) is 5.77. The molecule has 0 fully saturated rings. The molecule has 2 rings (SSSR count). The van der Waals surface area contributed by atoms with Gasteiger partial charge in [-0.1, -0.05) is 0 Å². The number of nitrogens with zero attached hydrogens (tertiary/aromatic N) is 1. The van der Waals surface area contributed by atoms with Crippen molar-refractivity contribution in [2.75, 3.05) is 0 Å². The Labute approximate surface area is 101 Å². The highest BCUT2D eigenvalue weighted by molar-refractivity contribution is 5.96. The second kappa shape index (κ2) is 3.91. The average molecular weight is 231 g/mol. The van der Waals surface area contributed by atoms with Crippen molar-refractivity contribution in [1.29, 1.82) is 0 Å². The number of hydrogen-bond acceptors (Lipinski definition) is 1. The van der Waals surface area contributed by atoms with Crippen LogP contribution >= 0.6 is 0 Å². The van der Waals surface area contributed by atoms with Gasteiger partial charge in [-0.2, -0.15) is 0 Å². The van der Waals surface area contributed by atoms with Gasteiger partial charge < -0.3 is 9.67 Å². The zero-order chi connectivity index (χ0) is 12.7. The summed E-state index contributed by atoms with van der Waals surface area (Å²) in [6, 6.07) is 4.07. The fourth-order valence-corrected chi connectivity index (χ4v) is 2.23. The van der Waals surface area contributed by atoms with E-state index in [1.807, 2.05) is 13.0 Å². The number of aromatic carboxylic acids is 1. The Kier molecular flexibility index (Phi) is 2.69. The van der Waals surface area contributed by atoms with Crippen LogP contribution in [0.25, 0.3) is 10.9 Å². The summed E-state index contributed by atoms with van der Waals surface area (Å²) in [6.07, 6.45) is 2.08. The Hall–Kier alpha value is -1.77. The second-order valence-corrected chi connectivity index (χ2v) is 4.80. The standard InChI is InChI=1S/C14H17NO2/c1-8(2)15-7-10(4)11-5-9(3)12(14(16)17)6-13(11)15/h5-8H,1-4H3,(H,16,17). The Balaban J connectivity index is 2.82. The molecule has 1 aromatic heterocycles. The van der Waals surface area contributed by atoms with E-state index in [0.29, 0.717) is 11.6 Å². The third-order valence-corrected chi connectivity index (χ3v) is 3.17. The first-order chi connectivity index (χ1) is 7.91. The molecule has 0 spiro atoms. The zero-order valence-corrected chi connectivity index (χ0v) is 10.6. The Bertz CT molecular complexity index is 594. The van der Waals surface area contributed by atoms with Gasteiger partial charge in [-0.05, 0) is 51.0 Å². The van der Waals surface area contributed by atoms with Crippen LogP contribution in [0.4, 0.5) is 0 Å². The molecule has 3 nitrogen and oxygen atoms in total. The summed E-state index contributed by atoms with van der Waals surface area (Å²) in [4.78, 5) is 11.1. The van der Waals surface area contributed by atoms with Gasteiger partial charge in [0.1, 0.15) is 0 Å². The number of benzene rings is 1. The van der Waals surface area contributed by atoms with Crippen molar-refractivity contribution in [3.63, 3.8) is 0 Å². The molecule has 1 aromatic carbocycles. The minimum absolute atomic E-state index is 0.329. The second-order valence-electron chi connectivity index (χ2n) is 4.80. The molecular formula is C14H17NO2. The Morgan fingerprint density at radius 3 is 2.41 bits per heavy atom. The maximum atomic E-state index is 11.1. The van der Waals surface area contributed by atoms with Crippen LogP contribution in [0.2, 0.25) is 0 Å². The zero-order valence-electron chi connectivity index (χ0n) is 10.6. The van der Waals surface area contributed by atoms with Gasteiger partial charge in [-0.3, -0.25) is 0 Å². The van der Waals surface area contributed by atoms with E-state index in [-0.39, 0.29) is 0 Å². The lowest BCUT2D eigenvalue weighted by atomic mass is 10.0. The number of hydrogen-bond donors (Lipinski definition) is 1. The van der Waals surface area contributed by atoms with Crippen LogP contribution in [0.5, 0.6) is 0 Å². The minimum atomic E-state index is -0.862. The van der Waals surface area contributed by atoms with E-state index < -0.39 is 5.97 Å². The lowest BCUT2D eigenvalue weighted by molar-refractivity contribution is 0.0696. The van der Waals surface area contributed by atoms with Crippen molar-refractivity contribution in [2.45, 2.75) is 33.7 Å². The summed E-state index contributed by atoms with van der Waals surface area (Å²) >= 11 is 0. The van der Waals surface area contributed by atoms with Crippen LogP contribution in [0, 0.1) is 13.8 Å². The van der Waals surface area contributed by atoms with E-state index in [1.54, 1.807) is 6.07 Å². The number of aromatic nitrogens is 1. The summed E-state index contributed by atoms with van der Waals surface area (Å²) in [5.74, 6) is -0.862. The van der Waals surface area contributed by atoms with Gasteiger partial charge in [0.05, 0.1) is 5.56 Å². The molecule has 0 amide bonds. The molecule has 0 aliphatic heterocycles. The maximum Gasteiger partial charge on any atom is 0.336 e. The fourth-order valence-electron chi connectivity index (χ4n) is 2.23. The summed E-state index contributed by atoms with van der Waals surface area (Å²) in [7, 11) is 0. The molecule has 2 aromatic rings. The quantitative estimate of drug-likeness (QED) is 0.859. The summed E-state index contributed by atoms with van der Waals surface area (Å²) in [5.41, 5.74) is 3.39. The third kappa shape index (κ3) is 1.82. The van der Waals surface area contributed by atoms with Gasteiger partial charge in [0.2, 0.25) is 0 Å². The lowest BCUT2D eigenvalue weighted by Crippen LogP contribution is -2.02. The van der Waals surface area contributed by atoms with Crippen molar-refractivity contribution in [2.24, 2.45) is 0 Å². The monoisotopic (exact) mass is 231 g/mol. The number of rotatable bonds is 2. The van der Waals surface area contributed by atoms with Gasteiger partial charge in [0, 0.05) is 23.1 Å². The molecule has 0 unspecified atom stereocenters. The molecule has 0 radical (unpaired) electrons. The minimum Gasteiger partial charge on any atom is -0.478 e. The van der Waals surface area contributed by atoms with E-state index in [9.17, 15) is 4.79 Å². The van der Waals surface area contributed by atoms with Crippen molar-refractivity contribution in [1.82, 2.24) is 4.57 Å². The van der Waals surface area contributed by atoms with Gasteiger partial charge >= 0.3 is 5.97 Å². The highest BCUT2D eigenvalue weighted by atomic mass is 16.4. The molecule has 0 aliphatic rings. The summed E-state index contributed by atoms with van der Waals surface area (Å²) in [6.45, 7) is 8.09. The van der Waals surface area contributed by atoms with E-state index in [1.165, 1.54) is 5.56 Å².